The number of anilines is 1. The third kappa shape index (κ3) is 4.34. The van der Waals surface area contributed by atoms with Gasteiger partial charge < -0.3 is 10.6 Å². The molecule has 6 heteroatoms. The highest BCUT2D eigenvalue weighted by Crippen LogP contribution is 2.20. The maximum Gasteiger partial charge on any atom is 0.247 e. The van der Waals surface area contributed by atoms with Crippen LogP contribution >= 0.6 is 28.6 Å². The maximum atomic E-state index is 11.9. The standard InChI is InChI=1S/C12H15BrN2O2S/c1-7-5-9(13)3-4-10(7)15-12(17)11(6-18)14-8(2)16/h3-5,11,18H,6H2,1-2H3,(H,14,16)(H,15,17). The Balaban J connectivity index is 2.76. The molecule has 0 saturated carbocycles. The summed E-state index contributed by atoms with van der Waals surface area (Å²) in [5.74, 6) is -0.275. The molecule has 1 aromatic carbocycles. The van der Waals surface area contributed by atoms with Gasteiger partial charge in [0.1, 0.15) is 6.04 Å². The first-order chi connectivity index (χ1) is 8.43. The van der Waals surface area contributed by atoms with Gasteiger partial charge in [-0.15, -0.1) is 0 Å². The van der Waals surface area contributed by atoms with Crippen LogP contribution in [0.2, 0.25) is 0 Å². The molecule has 1 aromatic rings. The van der Waals surface area contributed by atoms with E-state index in [4.69, 9.17) is 0 Å². The molecule has 0 aliphatic heterocycles. The number of nitrogens with one attached hydrogen (secondary N) is 2. The Morgan fingerprint density at radius 2 is 2.11 bits per heavy atom. The molecule has 2 N–H and O–H groups in total. The largest absolute Gasteiger partial charge is 0.344 e. The highest BCUT2D eigenvalue weighted by atomic mass is 79.9. The third-order valence-electron chi connectivity index (χ3n) is 2.32. The van der Waals surface area contributed by atoms with Crippen molar-refractivity contribution < 1.29 is 9.59 Å². The van der Waals surface area contributed by atoms with Crippen molar-refractivity contribution in [3.8, 4) is 0 Å². The molecule has 0 aliphatic rings. The van der Waals surface area contributed by atoms with Crippen molar-refractivity contribution in [1.29, 1.82) is 0 Å². The zero-order valence-electron chi connectivity index (χ0n) is 10.2. The lowest BCUT2D eigenvalue weighted by Crippen LogP contribution is -2.44. The van der Waals surface area contributed by atoms with Crippen LogP contribution in [-0.4, -0.2) is 23.6 Å². The van der Waals surface area contributed by atoms with Crippen LogP contribution in [0, 0.1) is 6.92 Å². The van der Waals surface area contributed by atoms with Crippen LogP contribution in [0.25, 0.3) is 0 Å². The molecule has 18 heavy (non-hydrogen) atoms. The topological polar surface area (TPSA) is 58.2 Å². The average molecular weight is 331 g/mol. The Morgan fingerprint density at radius 3 is 2.61 bits per heavy atom. The van der Waals surface area contributed by atoms with E-state index in [2.05, 4.69) is 39.2 Å². The molecule has 0 radical (unpaired) electrons. The van der Waals surface area contributed by atoms with Crippen LogP contribution in [0.5, 0.6) is 0 Å². The lowest BCUT2D eigenvalue weighted by molar-refractivity contribution is -0.124. The van der Waals surface area contributed by atoms with Crippen molar-refractivity contribution in [2.24, 2.45) is 0 Å². The van der Waals surface area contributed by atoms with Gasteiger partial charge >= 0.3 is 0 Å². The molecule has 0 aliphatic carbocycles. The first kappa shape index (κ1) is 15.0. The fraction of sp³-hybridized carbons (Fsp3) is 0.333. The maximum absolute atomic E-state index is 11.9. The van der Waals surface area contributed by atoms with E-state index < -0.39 is 6.04 Å². The summed E-state index contributed by atoms with van der Waals surface area (Å²) in [6.45, 7) is 3.27. The normalized spacial score (nSPS) is 11.8. The van der Waals surface area contributed by atoms with Crippen LogP contribution in [0.1, 0.15) is 12.5 Å². The first-order valence-corrected chi connectivity index (χ1v) is 6.81. The molecule has 0 bridgehead atoms. The third-order valence-corrected chi connectivity index (χ3v) is 3.18. The molecule has 4 nitrogen and oxygen atoms in total. The van der Waals surface area contributed by atoms with Crippen LogP contribution in [-0.2, 0) is 9.59 Å². The zero-order valence-corrected chi connectivity index (χ0v) is 12.6. The van der Waals surface area contributed by atoms with Gasteiger partial charge in [-0.1, -0.05) is 15.9 Å². The number of halogens is 1. The van der Waals surface area contributed by atoms with E-state index in [-0.39, 0.29) is 17.6 Å². The lowest BCUT2D eigenvalue weighted by Gasteiger charge is -2.16. The van der Waals surface area contributed by atoms with E-state index in [0.29, 0.717) is 0 Å². The number of rotatable bonds is 4. The summed E-state index contributed by atoms with van der Waals surface area (Å²) in [7, 11) is 0. The first-order valence-electron chi connectivity index (χ1n) is 5.39. The molecule has 1 atom stereocenters. The number of hydrogen-bond acceptors (Lipinski definition) is 3. The fourth-order valence-corrected chi connectivity index (χ4v) is 2.16. The Morgan fingerprint density at radius 1 is 1.44 bits per heavy atom. The smallest absolute Gasteiger partial charge is 0.247 e. The number of aryl methyl sites for hydroxylation is 1. The van der Waals surface area contributed by atoms with Crippen molar-refractivity contribution in [3.63, 3.8) is 0 Å². The number of thiol groups is 1. The number of carbonyl (C=O) groups excluding carboxylic acids is 2. The van der Waals surface area contributed by atoms with Gasteiger partial charge in [-0.2, -0.15) is 12.6 Å². The van der Waals surface area contributed by atoms with Crippen LogP contribution in [0.15, 0.2) is 22.7 Å². The summed E-state index contributed by atoms with van der Waals surface area (Å²) in [6.07, 6.45) is 0. The zero-order chi connectivity index (χ0) is 13.7. The molecule has 1 rings (SSSR count). The second kappa shape index (κ2) is 6.80. The SMILES string of the molecule is CC(=O)NC(CS)C(=O)Nc1ccc(Br)cc1C. The van der Waals surface area contributed by atoms with Crippen molar-refractivity contribution in [1.82, 2.24) is 5.32 Å². The number of carbonyl (C=O) groups is 2. The van der Waals surface area contributed by atoms with Crippen molar-refractivity contribution in [3.05, 3.63) is 28.2 Å². The number of benzene rings is 1. The molecule has 0 saturated heterocycles. The Labute approximate surface area is 120 Å². The van der Waals surface area contributed by atoms with Crippen LogP contribution < -0.4 is 10.6 Å². The predicted molar refractivity (Wildman–Crippen MR) is 79.0 cm³/mol. The highest BCUT2D eigenvalue weighted by Gasteiger charge is 2.18. The second-order valence-electron chi connectivity index (χ2n) is 3.88. The van der Waals surface area contributed by atoms with Crippen LogP contribution in [0.4, 0.5) is 5.69 Å². The number of hydrogen-bond donors (Lipinski definition) is 3. The van der Waals surface area contributed by atoms with Gasteiger partial charge in [0.2, 0.25) is 11.8 Å². The van der Waals surface area contributed by atoms with Gasteiger partial charge in [-0.25, -0.2) is 0 Å². The molecule has 1 unspecified atom stereocenters. The van der Waals surface area contributed by atoms with E-state index in [1.54, 1.807) is 6.07 Å². The van der Waals surface area contributed by atoms with E-state index in [1.807, 2.05) is 19.1 Å². The molecule has 0 fully saturated rings. The second-order valence-corrected chi connectivity index (χ2v) is 5.17. The summed E-state index contributed by atoms with van der Waals surface area (Å²) in [5.41, 5.74) is 1.67. The van der Waals surface area contributed by atoms with E-state index >= 15 is 0 Å². The van der Waals surface area contributed by atoms with Gasteiger partial charge in [-0.3, -0.25) is 9.59 Å². The van der Waals surface area contributed by atoms with E-state index in [0.717, 1.165) is 15.7 Å². The molecule has 0 heterocycles. The summed E-state index contributed by atoms with van der Waals surface area (Å²) in [5, 5.41) is 5.31. The van der Waals surface area contributed by atoms with Crippen molar-refractivity contribution >= 4 is 46.1 Å². The summed E-state index contributed by atoms with van der Waals surface area (Å²) >= 11 is 7.41. The predicted octanol–water partition coefficient (Wildman–Crippen LogP) is 2.13. The molecular formula is C12H15BrN2O2S. The molecule has 98 valence electrons. The van der Waals surface area contributed by atoms with Gasteiger partial charge in [0.15, 0.2) is 0 Å². The summed E-state index contributed by atoms with van der Waals surface area (Å²) in [4.78, 5) is 22.9. The van der Waals surface area contributed by atoms with Gasteiger partial charge in [0, 0.05) is 22.8 Å². The minimum atomic E-state index is -0.631. The van der Waals surface area contributed by atoms with Gasteiger partial charge in [0.05, 0.1) is 0 Å². The average Bonchev–Trinajstić information content (AvgIpc) is 2.29. The molecular weight excluding hydrogens is 316 g/mol. The Bertz CT molecular complexity index is 465. The quantitative estimate of drug-likeness (QED) is 0.741. The monoisotopic (exact) mass is 330 g/mol. The van der Waals surface area contributed by atoms with E-state index in [9.17, 15) is 9.59 Å². The van der Waals surface area contributed by atoms with Gasteiger partial charge in [0.25, 0.3) is 0 Å². The minimum Gasteiger partial charge on any atom is -0.344 e. The van der Waals surface area contributed by atoms with Crippen LogP contribution in [0.3, 0.4) is 0 Å². The summed E-state index contributed by atoms with van der Waals surface area (Å²) in [6, 6.07) is 4.93. The Kier molecular flexibility index (Phi) is 5.68. The van der Waals surface area contributed by atoms with Crippen molar-refractivity contribution in [2.45, 2.75) is 19.9 Å². The molecule has 2 amide bonds. The lowest BCUT2D eigenvalue weighted by atomic mass is 10.2. The minimum absolute atomic E-state index is 0.251. The number of amides is 2. The fourth-order valence-electron chi connectivity index (χ4n) is 1.43. The van der Waals surface area contributed by atoms with E-state index in [1.165, 1.54) is 6.92 Å². The molecule has 0 aromatic heterocycles. The van der Waals surface area contributed by atoms with Crippen molar-refractivity contribution in [2.75, 3.05) is 11.1 Å². The van der Waals surface area contributed by atoms with Gasteiger partial charge in [-0.05, 0) is 30.7 Å². The highest BCUT2D eigenvalue weighted by molar-refractivity contribution is 9.10. The molecule has 0 spiro atoms. The summed E-state index contributed by atoms with van der Waals surface area (Å²) < 4.78 is 0.950. The Hall–Kier alpha value is -1.01.